The van der Waals surface area contributed by atoms with E-state index in [0.29, 0.717) is 24.7 Å². The van der Waals surface area contributed by atoms with E-state index in [-0.39, 0.29) is 17.9 Å². The number of rotatable bonds is 1. The maximum Gasteiger partial charge on any atom is 0.419 e. The first-order chi connectivity index (χ1) is 9.48. The van der Waals surface area contributed by atoms with Crippen molar-refractivity contribution in [3.05, 3.63) is 40.8 Å². The smallest absolute Gasteiger partial charge is 0.376 e. The standard InChI is InChI=1S/C13H10F4N2O/c14-11-7(2-1-3-9(11)13(15,16)17)12-8-6-20-5-4-10(8)18-19-12/h1-3H,4-6H2,(H,18,19). The Hall–Kier alpha value is -1.89. The Balaban J connectivity index is 2.14. The van der Waals surface area contributed by atoms with Gasteiger partial charge in [0.1, 0.15) is 11.5 Å². The van der Waals surface area contributed by atoms with Gasteiger partial charge in [-0.05, 0) is 12.1 Å². The Morgan fingerprint density at radius 3 is 2.80 bits per heavy atom. The minimum Gasteiger partial charge on any atom is -0.376 e. The van der Waals surface area contributed by atoms with Gasteiger partial charge in [0.25, 0.3) is 0 Å². The number of halogens is 4. The second-order valence-electron chi connectivity index (χ2n) is 4.50. The molecule has 0 fully saturated rings. The Kier molecular flexibility index (Phi) is 3.01. The first kappa shape index (κ1) is 13.1. The van der Waals surface area contributed by atoms with E-state index in [1.165, 1.54) is 12.1 Å². The van der Waals surface area contributed by atoms with E-state index in [1.54, 1.807) is 0 Å². The SMILES string of the molecule is Fc1c(-c2n[nH]c3c2COCC3)cccc1C(F)(F)F. The average molecular weight is 286 g/mol. The third-order valence-electron chi connectivity index (χ3n) is 3.25. The number of aromatic nitrogens is 2. The molecular weight excluding hydrogens is 276 g/mol. The highest BCUT2D eigenvalue weighted by atomic mass is 19.4. The minimum atomic E-state index is -4.73. The number of nitrogens with one attached hydrogen (secondary N) is 1. The summed E-state index contributed by atoms with van der Waals surface area (Å²) in [7, 11) is 0. The third kappa shape index (κ3) is 2.07. The Labute approximate surface area is 111 Å². The molecule has 3 nitrogen and oxygen atoms in total. The molecule has 3 rings (SSSR count). The van der Waals surface area contributed by atoms with Crippen molar-refractivity contribution in [3.8, 4) is 11.3 Å². The number of benzene rings is 1. The molecule has 7 heteroatoms. The predicted octanol–water partition coefficient (Wildman–Crippen LogP) is 3.31. The number of H-pyrrole nitrogens is 1. The Bertz CT molecular complexity index is 648. The number of hydrogen-bond donors (Lipinski definition) is 1. The summed E-state index contributed by atoms with van der Waals surface area (Å²) in [6, 6.07) is 3.18. The fraction of sp³-hybridized carbons (Fsp3) is 0.308. The molecule has 2 heterocycles. The summed E-state index contributed by atoms with van der Waals surface area (Å²) in [6.45, 7) is 0.733. The largest absolute Gasteiger partial charge is 0.419 e. The predicted molar refractivity (Wildman–Crippen MR) is 62.3 cm³/mol. The molecule has 1 aliphatic heterocycles. The highest BCUT2D eigenvalue weighted by Crippen LogP contribution is 2.36. The van der Waals surface area contributed by atoms with Gasteiger partial charge < -0.3 is 4.74 Å². The summed E-state index contributed by atoms with van der Waals surface area (Å²) in [4.78, 5) is 0. The molecule has 1 aliphatic rings. The summed E-state index contributed by atoms with van der Waals surface area (Å²) in [5.74, 6) is -1.31. The van der Waals surface area contributed by atoms with Gasteiger partial charge in [0, 0.05) is 23.2 Å². The summed E-state index contributed by atoms with van der Waals surface area (Å²) >= 11 is 0. The lowest BCUT2D eigenvalue weighted by Crippen LogP contribution is -2.11. The molecule has 0 amide bonds. The van der Waals surface area contributed by atoms with Crippen LogP contribution >= 0.6 is 0 Å². The number of alkyl halides is 3. The van der Waals surface area contributed by atoms with Crippen LogP contribution in [0.3, 0.4) is 0 Å². The van der Waals surface area contributed by atoms with Crippen molar-refractivity contribution in [2.45, 2.75) is 19.2 Å². The number of aromatic amines is 1. The van der Waals surface area contributed by atoms with E-state index in [9.17, 15) is 17.6 Å². The zero-order valence-corrected chi connectivity index (χ0v) is 10.2. The first-order valence-corrected chi connectivity index (χ1v) is 5.98. The first-order valence-electron chi connectivity index (χ1n) is 5.98. The second kappa shape index (κ2) is 4.59. The van der Waals surface area contributed by atoms with Gasteiger partial charge in [-0.1, -0.05) is 6.07 Å². The molecule has 0 spiro atoms. The topological polar surface area (TPSA) is 37.9 Å². The molecule has 106 valence electrons. The van der Waals surface area contributed by atoms with E-state index >= 15 is 0 Å². The maximum atomic E-state index is 14.1. The number of hydrogen-bond acceptors (Lipinski definition) is 2. The number of ether oxygens (including phenoxy) is 1. The average Bonchev–Trinajstić information content (AvgIpc) is 2.81. The van der Waals surface area contributed by atoms with Crippen molar-refractivity contribution in [2.24, 2.45) is 0 Å². The molecule has 0 unspecified atom stereocenters. The summed E-state index contributed by atoms with van der Waals surface area (Å²) in [5.41, 5.74) is 0.132. The van der Waals surface area contributed by atoms with Crippen LogP contribution in [0, 0.1) is 5.82 Å². The van der Waals surface area contributed by atoms with Crippen LogP contribution in [-0.4, -0.2) is 16.8 Å². The molecule has 0 saturated heterocycles. The van der Waals surface area contributed by atoms with Crippen LogP contribution in [0.2, 0.25) is 0 Å². The molecule has 1 N–H and O–H groups in total. The zero-order valence-electron chi connectivity index (χ0n) is 10.2. The van der Waals surface area contributed by atoms with Gasteiger partial charge in [-0.3, -0.25) is 5.10 Å². The molecule has 1 aromatic carbocycles. The van der Waals surface area contributed by atoms with Crippen LogP contribution in [0.15, 0.2) is 18.2 Å². The van der Waals surface area contributed by atoms with Crippen molar-refractivity contribution in [2.75, 3.05) is 6.61 Å². The van der Waals surface area contributed by atoms with Crippen LogP contribution in [0.1, 0.15) is 16.8 Å². The fourth-order valence-electron chi connectivity index (χ4n) is 2.27. The van der Waals surface area contributed by atoms with E-state index in [1.807, 2.05) is 0 Å². The molecule has 0 radical (unpaired) electrons. The van der Waals surface area contributed by atoms with Gasteiger partial charge in [0.15, 0.2) is 0 Å². The van der Waals surface area contributed by atoms with Crippen LogP contribution in [-0.2, 0) is 23.9 Å². The molecule has 20 heavy (non-hydrogen) atoms. The minimum absolute atomic E-state index is 0.164. The monoisotopic (exact) mass is 286 g/mol. The highest BCUT2D eigenvalue weighted by Gasteiger charge is 2.35. The Morgan fingerprint density at radius 1 is 1.25 bits per heavy atom. The van der Waals surface area contributed by atoms with Crippen molar-refractivity contribution in [3.63, 3.8) is 0 Å². The zero-order chi connectivity index (χ0) is 14.3. The van der Waals surface area contributed by atoms with Crippen LogP contribution in [0.4, 0.5) is 17.6 Å². The van der Waals surface area contributed by atoms with E-state index in [0.717, 1.165) is 5.69 Å². The number of fused-ring (bicyclic) bond motifs is 1. The van der Waals surface area contributed by atoms with Crippen LogP contribution in [0.5, 0.6) is 0 Å². The van der Waals surface area contributed by atoms with Gasteiger partial charge in [-0.15, -0.1) is 0 Å². The molecule has 0 bridgehead atoms. The molecule has 0 atom stereocenters. The lowest BCUT2D eigenvalue weighted by molar-refractivity contribution is -0.139. The van der Waals surface area contributed by atoms with E-state index in [4.69, 9.17) is 4.74 Å². The van der Waals surface area contributed by atoms with Crippen molar-refractivity contribution in [1.29, 1.82) is 0 Å². The van der Waals surface area contributed by atoms with Gasteiger partial charge >= 0.3 is 6.18 Å². The molecule has 0 aliphatic carbocycles. The molecular formula is C13H10F4N2O. The van der Waals surface area contributed by atoms with E-state index < -0.39 is 17.6 Å². The highest BCUT2D eigenvalue weighted by molar-refractivity contribution is 5.66. The van der Waals surface area contributed by atoms with Crippen molar-refractivity contribution < 1.29 is 22.3 Å². The molecule has 1 aromatic heterocycles. The lowest BCUT2D eigenvalue weighted by Gasteiger charge is -2.14. The summed E-state index contributed by atoms with van der Waals surface area (Å²) in [6.07, 6.45) is -4.14. The Morgan fingerprint density at radius 2 is 2.05 bits per heavy atom. The number of nitrogens with zero attached hydrogens (tertiary/aromatic N) is 1. The van der Waals surface area contributed by atoms with Crippen molar-refractivity contribution >= 4 is 0 Å². The van der Waals surface area contributed by atoms with Gasteiger partial charge in [0.2, 0.25) is 0 Å². The van der Waals surface area contributed by atoms with E-state index in [2.05, 4.69) is 10.2 Å². The fourth-order valence-corrected chi connectivity index (χ4v) is 2.27. The molecule has 0 saturated carbocycles. The van der Waals surface area contributed by atoms with Crippen LogP contribution < -0.4 is 0 Å². The lowest BCUT2D eigenvalue weighted by atomic mass is 10.0. The van der Waals surface area contributed by atoms with Gasteiger partial charge in [-0.25, -0.2) is 4.39 Å². The normalized spacial score (nSPS) is 15.2. The summed E-state index contributed by atoms with van der Waals surface area (Å²) in [5, 5.41) is 6.67. The van der Waals surface area contributed by atoms with Gasteiger partial charge in [0.05, 0.1) is 18.8 Å². The van der Waals surface area contributed by atoms with Crippen LogP contribution in [0.25, 0.3) is 11.3 Å². The molecule has 2 aromatic rings. The third-order valence-corrected chi connectivity index (χ3v) is 3.25. The maximum absolute atomic E-state index is 14.1. The quantitative estimate of drug-likeness (QED) is 0.817. The summed E-state index contributed by atoms with van der Waals surface area (Å²) < 4.78 is 57.5. The second-order valence-corrected chi connectivity index (χ2v) is 4.50. The van der Waals surface area contributed by atoms with Crippen molar-refractivity contribution in [1.82, 2.24) is 10.2 Å². The van der Waals surface area contributed by atoms with Gasteiger partial charge in [-0.2, -0.15) is 18.3 Å².